The first kappa shape index (κ1) is 7.50. The number of nitrogens with zero attached hydrogens (tertiary/aromatic N) is 1. The van der Waals surface area contributed by atoms with Gasteiger partial charge in [-0.25, -0.2) is 0 Å². The van der Waals surface area contributed by atoms with E-state index in [1.54, 1.807) is 0 Å². The van der Waals surface area contributed by atoms with Crippen molar-refractivity contribution in [3.8, 4) is 0 Å². The standard InChI is InChI=1S/C10H11NO/c12-7-10-5-4-9(6-11-10)8-2-1-3-8/h2,4-6,12H,1,3,7H2. The highest BCUT2D eigenvalue weighted by Crippen LogP contribution is 2.27. The van der Waals surface area contributed by atoms with E-state index in [9.17, 15) is 0 Å². The third kappa shape index (κ3) is 1.25. The number of hydrogen-bond donors (Lipinski definition) is 1. The highest BCUT2D eigenvalue weighted by atomic mass is 16.3. The molecule has 0 aromatic carbocycles. The number of rotatable bonds is 2. The summed E-state index contributed by atoms with van der Waals surface area (Å²) in [6.07, 6.45) is 6.41. The minimum Gasteiger partial charge on any atom is -0.390 e. The molecule has 0 unspecified atom stereocenters. The van der Waals surface area contributed by atoms with E-state index < -0.39 is 0 Å². The molecule has 0 saturated carbocycles. The van der Waals surface area contributed by atoms with Crippen molar-refractivity contribution < 1.29 is 5.11 Å². The number of allylic oxidation sites excluding steroid dienone is 2. The van der Waals surface area contributed by atoms with Gasteiger partial charge in [-0.15, -0.1) is 0 Å². The summed E-state index contributed by atoms with van der Waals surface area (Å²) >= 11 is 0. The molecule has 2 rings (SSSR count). The molecule has 1 aliphatic rings. The minimum absolute atomic E-state index is 0.0271. The summed E-state index contributed by atoms with van der Waals surface area (Å²) in [5, 5.41) is 8.76. The van der Waals surface area contributed by atoms with E-state index in [0.717, 1.165) is 5.69 Å². The number of aromatic nitrogens is 1. The number of aliphatic hydroxyl groups excluding tert-OH is 1. The lowest BCUT2D eigenvalue weighted by Gasteiger charge is -2.13. The van der Waals surface area contributed by atoms with Crippen LogP contribution in [0.2, 0.25) is 0 Å². The van der Waals surface area contributed by atoms with Crippen LogP contribution in [0.25, 0.3) is 5.57 Å². The Morgan fingerprint density at radius 1 is 1.42 bits per heavy atom. The topological polar surface area (TPSA) is 33.1 Å². The van der Waals surface area contributed by atoms with Crippen LogP contribution in [0.15, 0.2) is 24.4 Å². The van der Waals surface area contributed by atoms with Crippen LogP contribution in [0, 0.1) is 0 Å². The van der Waals surface area contributed by atoms with E-state index in [1.807, 2.05) is 18.3 Å². The second-order valence-electron chi connectivity index (χ2n) is 2.96. The Bertz CT molecular complexity index is 300. The van der Waals surface area contributed by atoms with Gasteiger partial charge in [0.15, 0.2) is 0 Å². The lowest BCUT2D eigenvalue weighted by molar-refractivity contribution is 0.277. The minimum atomic E-state index is 0.0271. The second kappa shape index (κ2) is 3.07. The maximum atomic E-state index is 8.76. The van der Waals surface area contributed by atoms with Gasteiger partial charge in [0.2, 0.25) is 0 Å². The summed E-state index contributed by atoms with van der Waals surface area (Å²) in [5.74, 6) is 0. The van der Waals surface area contributed by atoms with Gasteiger partial charge in [-0.3, -0.25) is 4.98 Å². The fourth-order valence-corrected chi connectivity index (χ4v) is 1.26. The van der Waals surface area contributed by atoms with Gasteiger partial charge < -0.3 is 5.11 Å². The molecule has 0 atom stereocenters. The average molecular weight is 161 g/mol. The molecular weight excluding hydrogens is 150 g/mol. The maximum absolute atomic E-state index is 8.76. The van der Waals surface area contributed by atoms with Crippen LogP contribution in [0.1, 0.15) is 24.1 Å². The van der Waals surface area contributed by atoms with Crippen LogP contribution in [0.3, 0.4) is 0 Å². The van der Waals surface area contributed by atoms with Crippen LogP contribution in [-0.2, 0) is 6.61 Å². The molecule has 0 saturated heterocycles. The summed E-state index contributed by atoms with van der Waals surface area (Å²) < 4.78 is 0. The molecule has 0 amide bonds. The molecule has 1 aliphatic carbocycles. The number of hydrogen-bond acceptors (Lipinski definition) is 2. The Balaban J connectivity index is 2.24. The Kier molecular flexibility index (Phi) is 1.92. The molecule has 12 heavy (non-hydrogen) atoms. The largest absolute Gasteiger partial charge is 0.390 e. The number of pyridine rings is 1. The summed E-state index contributed by atoms with van der Waals surface area (Å²) in [5.41, 5.74) is 3.31. The van der Waals surface area contributed by atoms with Crippen molar-refractivity contribution >= 4 is 5.57 Å². The SMILES string of the molecule is OCc1ccc(C2=CCC2)cn1. The van der Waals surface area contributed by atoms with Gasteiger partial charge in [-0.1, -0.05) is 12.1 Å². The van der Waals surface area contributed by atoms with Crippen molar-refractivity contribution in [1.82, 2.24) is 4.98 Å². The monoisotopic (exact) mass is 161 g/mol. The van der Waals surface area contributed by atoms with Gasteiger partial charge in [-0.2, -0.15) is 0 Å². The summed E-state index contributed by atoms with van der Waals surface area (Å²) in [4.78, 5) is 4.11. The normalized spacial score (nSPS) is 15.2. The Morgan fingerprint density at radius 3 is 2.67 bits per heavy atom. The number of aliphatic hydroxyl groups is 1. The third-order valence-corrected chi connectivity index (χ3v) is 2.16. The van der Waals surface area contributed by atoms with Crippen LogP contribution in [0.5, 0.6) is 0 Å². The maximum Gasteiger partial charge on any atom is 0.0852 e. The van der Waals surface area contributed by atoms with Crippen molar-refractivity contribution in [1.29, 1.82) is 0 Å². The van der Waals surface area contributed by atoms with E-state index >= 15 is 0 Å². The van der Waals surface area contributed by atoms with E-state index in [-0.39, 0.29) is 6.61 Å². The van der Waals surface area contributed by atoms with Crippen LogP contribution in [-0.4, -0.2) is 10.1 Å². The van der Waals surface area contributed by atoms with E-state index in [1.165, 1.54) is 24.0 Å². The Hall–Kier alpha value is -1.15. The molecule has 1 aromatic heterocycles. The molecule has 0 aliphatic heterocycles. The van der Waals surface area contributed by atoms with Crippen LogP contribution >= 0.6 is 0 Å². The Labute approximate surface area is 71.6 Å². The van der Waals surface area contributed by atoms with Crippen molar-refractivity contribution in [2.75, 3.05) is 0 Å². The van der Waals surface area contributed by atoms with Crippen molar-refractivity contribution in [2.45, 2.75) is 19.4 Å². The van der Waals surface area contributed by atoms with E-state index in [0.29, 0.717) is 0 Å². The van der Waals surface area contributed by atoms with Gasteiger partial charge in [0.1, 0.15) is 0 Å². The first-order valence-corrected chi connectivity index (χ1v) is 4.15. The lowest BCUT2D eigenvalue weighted by atomic mass is 9.93. The average Bonchev–Trinajstić information content (AvgIpc) is 2.03. The molecule has 0 fully saturated rings. The van der Waals surface area contributed by atoms with Crippen LogP contribution in [0.4, 0.5) is 0 Å². The quantitative estimate of drug-likeness (QED) is 0.716. The molecular formula is C10H11NO. The zero-order valence-corrected chi connectivity index (χ0v) is 6.83. The van der Waals surface area contributed by atoms with Gasteiger partial charge in [0.25, 0.3) is 0 Å². The smallest absolute Gasteiger partial charge is 0.0852 e. The second-order valence-corrected chi connectivity index (χ2v) is 2.96. The zero-order valence-electron chi connectivity index (χ0n) is 6.83. The molecule has 1 N–H and O–H groups in total. The van der Waals surface area contributed by atoms with E-state index in [4.69, 9.17) is 5.11 Å². The Morgan fingerprint density at radius 2 is 2.25 bits per heavy atom. The van der Waals surface area contributed by atoms with Gasteiger partial charge >= 0.3 is 0 Å². The van der Waals surface area contributed by atoms with Crippen LogP contribution < -0.4 is 0 Å². The third-order valence-electron chi connectivity index (χ3n) is 2.16. The van der Waals surface area contributed by atoms with Crippen molar-refractivity contribution in [3.63, 3.8) is 0 Å². The fraction of sp³-hybridized carbons (Fsp3) is 0.300. The molecule has 2 heteroatoms. The predicted octanol–water partition coefficient (Wildman–Crippen LogP) is 1.75. The van der Waals surface area contributed by atoms with Gasteiger partial charge in [0.05, 0.1) is 12.3 Å². The van der Waals surface area contributed by atoms with E-state index in [2.05, 4.69) is 11.1 Å². The molecule has 0 radical (unpaired) electrons. The highest BCUT2D eigenvalue weighted by molar-refractivity contribution is 5.69. The summed E-state index contributed by atoms with van der Waals surface area (Å²) in [6, 6.07) is 3.89. The molecule has 0 bridgehead atoms. The van der Waals surface area contributed by atoms with Crippen molar-refractivity contribution in [2.24, 2.45) is 0 Å². The first-order valence-electron chi connectivity index (χ1n) is 4.15. The highest BCUT2D eigenvalue weighted by Gasteiger charge is 2.07. The molecule has 62 valence electrons. The lowest BCUT2D eigenvalue weighted by Crippen LogP contribution is -1.95. The van der Waals surface area contributed by atoms with Crippen molar-refractivity contribution in [3.05, 3.63) is 35.7 Å². The summed E-state index contributed by atoms with van der Waals surface area (Å²) in [7, 11) is 0. The van der Waals surface area contributed by atoms with Gasteiger partial charge in [0, 0.05) is 6.20 Å². The van der Waals surface area contributed by atoms with Gasteiger partial charge in [-0.05, 0) is 30.0 Å². The predicted molar refractivity (Wildman–Crippen MR) is 47.4 cm³/mol. The molecule has 1 heterocycles. The summed E-state index contributed by atoms with van der Waals surface area (Å²) in [6.45, 7) is 0.0271. The zero-order chi connectivity index (χ0) is 8.39. The molecule has 0 spiro atoms. The first-order chi connectivity index (χ1) is 5.90. The molecule has 2 nitrogen and oxygen atoms in total. The molecule has 1 aromatic rings. The fourth-order valence-electron chi connectivity index (χ4n) is 1.26.